The van der Waals surface area contributed by atoms with Gasteiger partial charge in [-0.05, 0) is 55.5 Å². The Labute approximate surface area is 171 Å². The number of nitrogen functional groups attached to an aromatic ring is 1. The molecule has 0 bridgehead atoms. The van der Waals surface area contributed by atoms with E-state index < -0.39 is 0 Å². The summed E-state index contributed by atoms with van der Waals surface area (Å²) in [6, 6.07) is 16.6. The first-order chi connectivity index (χ1) is 14.2. The third kappa shape index (κ3) is 7.50. The largest absolute Gasteiger partial charge is 0.497 e. The molecule has 7 heteroatoms. The fraction of sp³-hybridized carbons (Fsp3) is 0.227. The smallest absolute Gasteiger partial charge is 0.150 e. The molecule has 0 spiro atoms. The molecule has 0 radical (unpaired) electrons. The summed E-state index contributed by atoms with van der Waals surface area (Å²) in [6.45, 7) is 4.69. The van der Waals surface area contributed by atoms with Crippen molar-refractivity contribution in [3.63, 3.8) is 0 Å². The second-order valence-corrected chi connectivity index (χ2v) is 6.06. The van der Waals surface area contributed by atoms with Gasteiger partial charge in [-0.15, -0.1) is 0 Å². The van der Waals surface area contributed by atoms with Crippen molar-refractivity contribution >= 4 is 23.6 Å². The number of rotatable bonds is 8. The van der Waals surface area contributed by atoms with Crippen LogP contribution in [0.25, 0.3) is 0 Å². The summed E-state index contributed by atoms with van der Waals surface area (Å²) >= 11 is 0. The average molecular weight is 393 g/mol. The fourth-order valence-corrected chi connectivity index (χ4v) is 2.49. The van der Waals surface area contributed by atoms with E-state index in [1.807, 2.05) is 30.3 Å². The molecule has 1 aromatic carbocycles. The number of hydrogen-bond acceptors (Lipinski definition) is 7. The number of carbonyl (C=O) groups is 1. The average Bonchev–Trinajstić information content (AvgIpc) is 2.79. The van der Waals surface area contributed by atoms with Gasteiger partial charge in [-0.1, -0.05) is 6.07 Å². The molecule has 0 aliphatic heterocycles. The molecular formula is C22H27N5O2. The monoisotopic (exact) mass is 393 g/mol. The first-order valence-electron chi connectivity index (χ1n) is 9.37. The summed E-state index contributed by atoms with van der Waals surface area (Å²) in [4.78, 5) is 20.9. The zero-order valence-electron chi connectivity index (χ0n) is 16.8. The molecule has 0 unspecified atom stereocenters. The van der Waals surface area contributed by atoms with E-state index in [0.29, 0.717) is 11.3 Å². The standard InChI is InChI=1S/C14H19N5.C8H8O2/c1-2-19(14-7-6-12(15)11-18-14)10-9-17-13-5-3-4-8-16-13;1-10-8-4-2-7(6-9)3-5-8/h3-8,11H,2,9-10,15H2,1H3,(H,16,17);2-6H,1H3. The van der Waals surface area contributed by atoms with Crippen LogP contribution >= 0.6 is 0 Å². The highest BCUT2D eigenvalue weighted by molar-refractivity contribution is 5.74. The Hall–Kier alpha value is -3.61. The summed E-state index contributed by atoms with van der Waals surface area (Å²) < 4.78 is 4.90. The number of nitrogens with zero attached hydrogens (tertiary/aromatic N) is 3. The number of carbonyl (C=O) groups excluding carboxylic acids is 1. The van der Waals surface area contributed by atoms with Crippen LogP contribution in [0.5, 0.6) is 5.75 Å². The van der Waals surface area contributed by atoms with E-state index in [9.17, 15) is 4.79 Å². The molecule has 0 saturated heterocycles. The van der Waals surface area contributed by atoms with Crippen molar-refractivity contribution in [3.8, 4) is 5.75 Å². The van der Waals surface area contributed by atoms with Crippen molar-refractivity contribution in [1.29, 1.82) is 0 Å². The highest BCUT2D eigenvalue weighted by atomic mass is 16.5. The lowest BCUT2D eigenvalue weighted by Crippen LogP contribution is -2.29. The number of pyridine rings is 2. The number of hydrogen-bond donors (Lipinski definition) is 2. The van der Waals surface area contributed by atoms with Gasteiger partial charge in [-0.2, -0.15) is 0 Å². The maximum absolute atomic E-state index is 10.2. The molecule has 0 saturated carbocycles. The molecule has 29 heavy (non-hydrogen) atoms. The minimum absolute atomic E-state index is 0.667. The zero-order chi connectivity index (χ0) is 20.9. The first-order valence-corrected chi connectivity index (χ1v) is 9.37. The predicted molar refractivity (Wildman–Crippen MR) is 118 cm³/mol. The van der Waals surface area contributed by atoms with E-state index in [2.05, 4.69) is 27.1 Å². The summed E-state index contributed by atoms with van der Waals surface area (Å²) in [6.07, 6.45) is 4.27. The zero-order valence-corrected chi connectivity index (χ0v) is 16.8. The molecule has 2 heterocycles. The summed E-state index contributed by atoms with van der Waals surface area (Å²) in [5.41, 5.74) is 7.00. The van der Waals surface area contributed by atoms with Crippen molar-refractivity contribution < 1.29 is 9.53 Å². The molecule has 0 amide bonds. The van der Waals surface area contributed by atoms with Gasteiger partial charge in [-0.3, -0.25) is 4.79 Å². The number of aromatic nitrogens is 2. The van der Waals surface area contributed by atoms with Gasteiger partial charge in [0.25, 0.3) is 0 Å². The third-order valence-corrected chi connectivity index (χ3v) is 4.08. The molecule has 0 aliphatic rings. The van der Waals surface area contributed by atoms with Gasteiger partial charge in [0.15, 0.2) is 0 Å². The maximum atomic E-state index is 10.2. The molecule has 2 aromatic heterocycles. The topological polar surface area (TPSA) is 93.4 Å². The van der Waals surface area contributed by atoms with E-state index in [-0.39, 0.29) is 0 Å². The molecule has 3 N–H and O–H groups in total. The molecule has 7 nitrogen and oxygen atoms in total. The number of aldehydes is 1. The van der Waals surface area contributed by atoms with E-state index in [1.54, 1.807) is 43.8 Å². The summed E-state index contributed by atoms with van der Waals surface area (Å²) in [5, 5.41) is 3.29. The lowest BCUT2D eigenvalue weighted by molar-refractivity contribution is 0.112. The summed E-state index contributed by atoms with van der Waals surface area (Å²) in [5.74, 6) is 2.61. The molecule has 152 valence electrons. The van der Waals surface area contributed by atoms with E-state index in [1.165, 1.54) is 0 Å². The highest BCUT2D eigenvalue weighted by Gasteiger charge is 2.04. The maximum Gasteiger partial charge on any atom is 0.150 e. The normalized spacial score (nSPS) is 9.72. The number of methoxy groups -OCH3 is 1. The van der Waals surface area contributed by atoms with Gasteiger partial charge in [0.05, 0.1) is 19.0 Å². The van der Waals surface area contributed by atoms with Gasteiger partial charge >= 0.3 is 0 Å². The highest BCUT2D eigenvalue weighted by Crippen LogP contribution is 2.12. The second kappa shape index (κ2) is 12.0. The lowest BCUT2D eigenvalue weighted by Gasteiger charge is -2.22. The number of benzene rings is 1. The molecule has 0 aliphatic carbocycles. The van der Waals surface area contributed by atoms with Gasteiger partial charge in [0.2, 0.25) is 0 Å². The Bertz CT molecular complexity index is 839. The summed E-state index contributed by atoms with van der Waals surface area (Å²) in [7, 11) is 1.59. The third-order valence-electron chi connectivity index (χ3n) is 4.08. The van der Waals surface area contributed by atoms with Crippen LogP contribution in [0.15, 0.2) is 67.0 Å². The Morgan fingerprint density at radius 1 is 1.10 bits per heavy atom. The van der Waals surface area contributed by atoms with Gasteiger partial charge in [0.1, 0.15) is 23.7 Å². The molecule has 3 rings (SSSR count). The van der Waals surface area contributed by atoms with Gasteiger partial charge < -0.3 is 20.7 Å². The number of ether oxygens (including phenoxy) is 1. The van der Waals surface area contributed by atoms with Crippen LogP contribution < -0.4 is 20.7 Å². The van der Waals surface area contributed by atoms with Crippen LogP contribution in [0.2, 0.25) is 0 Å². The number of anilines is 3. The van der Waals surface area contributed by atoms with E-state index in [0.717, 1.165) is 43.3 Å². The predicted octanol–water partition coefficient (Wildman–Crippen LogP) is 3.50. The number of nitrogens with one attached hydrogen (secondary N) is 1. The van der Waals surface area contributed by atoms with Gasteiger partial charge in [0, 0.05) is 31.4 Å². The van der Waals surface area contributed by atoms with Crippen molar-refractivity contribution in [2.75, 3.05) is 42.7 Å². The fourth-order valence-electron chi connectivity index (χ4n) is 2.49. The van der Waals surface area contributed by atoms with Crippen LogP contribution in [0, 0.1) is 0 Å². The van der Waals surface area contributed by atoms with Crippen molar-refractivity contribution in [2.24, 2.45) is 0 Å². The Balaban J connectivity index is 0.000000253. The Kier molecular flexibility index (Phi) is 8.95. The van der Waals surface area contributed by atoms with Crippen LogP contribution in [0.3, 0.4) is 0 Å². The van der Waals surface area contributed by atoms with E-state index in [4.69, 9.17) is 10.5 Å². The number of likely N-dealkylation sites (N-methyl/N-ethyl adjacent to an activating group) is 1. The second-order valence-electron chi connectivity index (χ2n) is 6.06. The lowest BCUT2D eigenvalue weighted by atomic mass is 10.2. The van der Waals surface area contributed by atoms with Crippen LogP contribution in [-0.2, 0) is 0 Å². The van der Waals surface area contributed by atoms with Crippen molar-refractivity contribution in [3.05, 3.63) is 72.6 Å². The van der Waals surface area contributed by atoms with Crippen LogP contribution in [0.1, 0.15) is 17.3 Å². The van der Waals surface area contributed by atoms with Crippen LogP contribution in [-0.4, -0.2) is 43.0 Å². The molecule has 0 fully saturated rings. The quantitative estimate of drug-likeness (QED) is 0.566. The number of nitrogens with two attached hydrogens (primary N) is 1. The molecule has 3 aromatic rings. The Morgan fingerprint density at radius 2 is 1.90 bits per heavy atom. The first kappa shape index (κ1) is 21.7. The minimum Gasteiger partial charge on any atom is -0.497 e. The SMILES string of the molecule is CCN(CCNc1ccccn1)c1ccc(N)cn1.COc1ccc(C=O)cc1. The van der Waals surface area contributed by atoms with Crippen molar-refractivity contribution in [2.45, 2.75) is 6.92 Å². The van der Waals surface area contributed by atoms with Crippen molar-refractivity contribution in [1.82, 2.24) is 9.97 Å². The minimum atomic E-state index is 0.667. The Morgan fingerprint density at radius 3 is 2.45 bits per heavy atom. The molecular weight excluding hydrogens is 366 g/mol. The van der Waals surface area contributed by atoms with Crippen LogP contribution in [0.4, 0.5) is 17.3 Å². The van der Waals surface area contributed by atoms with Gasteiger partial charge in [-0.25, -0.2) is 9.97 Å². The molecule has 0 atom stereocenters. The van der Waals surface area contributed by atoms with E-state index >= 15 is 0 Å².